The number of rotatable bonds is 6. The van der Waals surface area contributed by atoms with Crippen LogP contribution in [0.4, 0.5) is 4.39 Å². The maximum Gasteiger partial charge on any atom is 0.240 e. The molecule has 1 aromatic heterocycles. The number of halogens is 1. The van der Waals surface area contributed by atoms with Crippen LogP contribution in [0.5, 0.6) is 0 Å². The van der Waals surface area contributed by atoms with E-state index in [9.17, 15) is 12.8 Å². The van der Waals surface area contributed by atoms with Crippen molar-refractivity contribution in [2.75, 3.05) is 6.54 Å². The largest absolute Gasteiger partial charge is 0.326 e. The van der Waals surface area contributed by atoms with E-state index in [0.29, 0.717) is 6.54 Å². The Balaban J connectivity index is 2.04. The normalized spacial score (nSPS) is 11.8. The summed E-state index contributed by atoms with van der Waals surface area (Å²) in [5.74, 6) is -0.511. The van der Waals surface area contributed by atoms with Crippen LogP contribution in [0.25, 0.3) is 0 Å². The van der Waals surface area contributed by atoms with E-state index in [0.717, 1.165) is 11.6 Å². The molecule has 0 spiro atoms. The lowest BCUT2D eigenvalue weighted by Gasteiger charge is -2.08. The highest BCUT2D eigenvalue weighted by atomic mass is 32.2. The van der Waals surface area contributed by atoms with E-state index >= 15 is 0 Å². The summed E-state index contributed by atoms with van der Waals surface area (Å²) in [6.07, 6.45) is 3.51. The molecule has 6 nitrogen and oxygen atoms in total. The number of nitrogens with one attached hydrogen (secondary N) is 1. The lowest BCUT2D eigenvalue weighted by Crippen LogP contribution is -2.27. The second-order valence-corrected chi connectivity index (χ2v) is 6.40. The average Bonchev–Trinajstić information content (AvgIpc) is 2.84. The summed E-state index contributed by atoms with van der Waals surface area (Å²) in [4.78, 5) is 0.000922. The summed E-state index contributed by atoms with van der Waals surface area (Å²) < 4.78 is 41.6. The molecule has 3 N–H and O–H groups in total. The predicted molar refractivity (Wildman–Crippen MR) is 76.4 cm³/mol. The van der Waals surface area contributed by atoms with Crippen molar-refractivity contribution in [2.45, 2.75) is 24.9 Å². The van der Waals surface area contributed by atoms with Gasteiger partial charge in [-0.1, -0.05) is 0 Å². The van der Waals surface area contributed by atoms with Gasteiger partial charge in [-0.2, -0.15) is 5.10 Å². The topological polar surface area (TPSA) is 90.0 Å². The number of aryl methyl sites for hydroxylation is 1. The molecule has 114 valence electrons. The number of sulfonamides is 1. The number of hydrogen-bond donors (Lipinski definition) is 2. The molecule has 0 atom stereocenters. The molecule has 2 aromatic rings. The molecule has 0 unspecified atom stereocenters. The van der Waals surface area contributed by atoms with Gasteiger partial charge in [0.2, 0.25) is 10.0 Å². The number of nitrogens with two attached hydrogens (primary N) is 1. The van der Waals surface area contributed by atoms with Crippen LogP contribution in [0.1, 0.15) is 11.1 Å². The number of aromatic nitrogens is 2. The van der Waals surface area contributed by atoms with Crippen molar-refractivity contribution in [3.8, 4) is 0 Å². The highest BCUT2D eigenvalue weighted by Gasteiger charge is 2.15. The van der Waals surface area contributed by atoms with Gasteiger partial charge < -0.3 is 5.73 Å². The molecule has 0 aliphatic carbocycles. The lowest BCUT2D eigenvalue weighted by atomic mass is 10.2. The van der Waals surface area contributed by atoms with Crippen LogP contribution in [-0.4, -0.2) is 24.7 Å². The first-order valence-electron chi connectivity index (χ1n) is 6.39. The zero-order valence-corrected chi connectivity index (χ0v) is 12.4. The van der Waals surface area contributed by atoms with Crippen LogP contribution in [0, 0.1) is 12.7 Å². The Morgan fingerprint density at radius 1 is 1.43 bits per heavy atom. The zero-order valence-electron chi connectivity index (χ0n) is 11.6. The average molecular weight is 312 g/mol. The van der Waals surface area contributed by atoms with Gasteiger partial charge in [0.25, 0.3) is 0 Å². The van der Waals surface area contributed by atoms with Crippen LogP contribution in [0.2, 0.25) is 0 Å². The highest BCUT2D eigenvalue weighted by Crippen LogP contribution is 2.14. The lowest BCUT2D eigenvalue weighted by molar-refractivity contribution is 0.560. The van der Waals surface area contributed by atoms with Crippen molar-refractivity contribution < 1.29 is 12.8 Å². The third-order valence-corrected chi connectivity index (χ3v) is 4.40. The summed E-state index contributed by atoms with van der Waals surface area (Å²) in [7, 11) is -3.69. The van der Waals surface area contributed by atoms with Gasteiger partial charge in [0.05, 0.1) is 17.6 Å². The van der Waals surface area contributed by atoms with E-state index in [1.807, 2.05) is 13.1 Å². The fraction of sp³-hybridized carbons (Fsp3) is 0.308. The first kappa shape index (κ1) is 15.6. The maximum absolute atomic E-state index is 13.3. The van der Waals surface area contributed by atoms with Crippen LogP contribution < -0.4 is 10.5 Å². The van der Waals surface area contributed by atoms with Crippen molar-refractivity contribution in [3.05, 3.63) is 47.5 Å². The molecule has 21 heavy (non-hydrogen) atoms. The Kier molecular flexibility index (Phi) is 4.71. The van der Waals surface area contributed by atoms with E-state index < -0.39 is 15.8 Å². The van der Waals surface area contributed by atoms with Gasteiger partial charge in [0, 0.05) is 24.8 Å². The quantitative estimate of drug-likeness (QED) is 0.824. The fourth-order valence-electron chi connectivity index (χ4n) is 1.84. The number of nitrogens with zero attached hydrogens (tertiary/aromatic N) is 2. The Labute approximate surface area is 122 Å². The molecular weight excluding hydrogens is 295 g/mol. The Hall–Kier alpha value is -1.77. The third-order valence-electron chi connectivity index (χ3n) is 2.94. The van der Waals surface area contributed by atoms with Crippen molar-refractivity contribution in [3.63, 3.8) is 0 Å². The van der Waals surface area contributed by atoms with Crippen molar-refractivity contribution >= 4 is 10.0 Å². The van der Waals surface area contributed by atoms with Gasteiger partial charge in [0.15, 0.2) is 0 Å². The molecule has 8 heteroatoms. The Bertz CT molecular complexity index is 728. The van der Waals surface area contributed by atoms with Gasteiger partial charge in [0.1, 0.15) is 5.82 Å². The summed E-state index contributed by atoms with van der Waals surface area (Å²) in [6, 6.07) is 3.57. The van der Waals surface area contributed by atoms with E-state index in [2.05, 4.69) is 9.82 Å². The van der Waals surface area contributed by atoms with Crippen molar-refractivity contribution in [2.24, 2.45) is 5.73 Å². The van der Waals surface area contributed by atoms with Gasteiger partial charge in [-0.3, -0.25) is 4.68 Å². The van der Waals surface area contributed by atoms with E-state index in [-0.39, 0.29) is 23.5 Å². The molecule has 0 saturated heterocycles. The maximum atomic E-state index is 13.3. The minimum atomic E-state index is -3.69. The molecule has 0 fully saturated rings. The molecule has 1 heterocycles. The van der Waals surface area contributed by atoms with Crippen LogP contribution in [-0.2, 0) is 23.1 Å². The monoisotopic (exact) mass is 312 g/mol. The van der Waals surface area contributed by atoms with Gasteiger partial charge in [-0.25, -0.2) is 17.5 Å². The second kappa shape index (κ2) is 6.33. The first-order chi connectivity index (χ1) is 9.92. The summed E-state index contributed by atoms with van der Waals surface area (Å²) in [5, 5.41) is 4.06. The van der Waals surface area contributed by atoms with E-state index in [1.54, 1.807) is 10.9 Å². The van der Waals surface area contributed by atoms with Crippen molar-refractivity contribution in [1.29, 1.82) is 0 Å². The predicted octanol–water partition coefficient (Wildman–Crippen LogP) is 0.768. The van der Waals surface area contributed by atoms with Gasteiger partial charge in [-0.15, -0.1) is 0 Å². The molecule has 0 saturated carbocycles. The second-order valence-electron chi connectivity index (χ2n) is 4.64. The minimum absolute atomic E-state index is 0.000922. The third kappa shape index (κ3) is 3.87. The molecule has 0 aliphatic rings. The molecule has 0 aliphatic heterocycles. The Morgan fingerprint density at radius 3 is 2.81 bits per heavy atom. The Morgan fingerprint density at radius 2 is 2.19 bits per heavy atom. The summed E-state index contributed by atoms with van der Waals surface area (Å²) in [6.45, 7) is 2.46. The molecule has 0 amide bonds. The van der Waals surface area contributed by atoms with Crippen LogP contribution in [0.15, 0.2) is 35.5 Å². The van der Waals surface area contributed by atoms with E-state index in [1.165, 1.54) is 12.1 Å². The fourth-order valence-corrected chi connectivity index (χ4v) is 2.91. The zero-order chi connectivity index (χ0) is 15.5. The molecule has 0 radical (unpaired) electrons. The smallest absolute Gasteiger partial charge is 0.240 e. The summed E-state index contributed by atoms with van der Waals surface area (Å²) >= 11 is 0. The molecule has 1 aromatic carbocycles. The van der Waals surface area contributed by atoms with Gasteiger partial charge >= 0.3 is 0 Å². The van der Waals surface area contributed by atoms with Crippen LogP contribution >= 0.6 is 0 Å². The SMILES string of the molecule is Cc1cnn(CCNS(=O)(=O)c2ccc(F)c(CN)c2)c1. The standard InChI is InChI=1S/C13H17FN4O2S/c1-10-8-16-18(9-10)5-4-17-21(19,20)12-2-3-13(14)11(6-12)7-15/h2-3,6,8-9,17H,4-5,7,15H2,1H3. The first-order valence-corrected chi connectivity index (χ1v) is 7.88. The number of benzene rings is 1. The highest BCUT2D eigenvalue weighted by molar-refractivity contribution is 7.89. The minimum Gasteiger partial charge on any atom is -0.326 e. The molecular formula is C13H17FN4O2S. The van der Waals surface area contributed by atoms with Crippen LogP contribution in [0.3, 0.4) is 0 Å². The summed E-state index contributed by atoms with van der Waals surface area (Å²) in [5.41, 5.74) is 6.55. The van der Waals surface area contributed by atoms with Crippen molar-refractivity contribution in [1.82, 2.24) is 14.5 Å². The molecule has 0 bridgehead atoms. The molecule has 2 rings (SSSR count). The van der Waals surface area contributed by atoms with E-state index in [4.69, 9.17) is 5.73 Å². The number of hydrogen-bond acceptors (Lipinski definition) is 4. The van der Waals surface area contributed by atoms with Gasteiger partial charge in [-0.05, 0) is 30.7 Å².